The van der Waals surface area contributed by atoms with Crippen LogP contribution in [-0.4, -0.2) is 42.4 Å². The first-order valence-corrected chi connectivity index (χ1v) is 6.84. The molecule has 0 spiro atoms. The van der Waals surface area contributed by atoms with Crippen molar-refractivity contribution in [3.05, 3.63) is 35.9 Å². The largest absolute Gasteiger partial charge is 0.345 e. The van der Waals surface area contributed by atoms with E-state index in [1.54, 1.807) is 11.8 Å². The summed E-state index contributed by atoms with van der Waals surface area (Å²) < 4.78 is 0. The summed E-state index contributed by atoms with van der Waals surface area (Å²) in [6.45, 7) is 4.60. The third-order valence-electron chi connectivity index (χ3n) is 3.01. The van der Waals surface area contributed by atoms with Gasteiger partial charge in [-0.05, 0) is 18.9 Å². The lowest BCUT2D eigenvalue weighted by Crippen LogP contribution is -2.48. The second-order valence-corrected chi connectivity index (χ2v) is 4.77. The Morgan fingerprint density at radius 2 is 1.90 bits per heavy atom. The van der Waals surface area contributed by atoms with Gasteiger partial charge in [0.05, 0.1) is 0 Å². The summed E-state index contributed by atoms with van der Waals surface area (Å²) in [5.74, 6) is -0.303. The van der Waals surface area contributed by atoms with Gasteiger partial charge < -0.3 is 16.0 Å². The molecule has 3 N–H and O–H groups in total. The van der Waals surface area contributed by atoms with Crippen LogP contribution in [0, 0.1) is 0 Å². The van der Waals surface area contributed by atoms with Crippen LogP contribution in [-0.2, 0) is 16.0 Å². The molecule has 1 rings (SSSR count). The van der Waals surface area contributed by atoms with Crippen molar-refractivity contribution >= 4 is 11.8 Å². The molecule has 2 amide bonds. The highest BCUT2D eigenvalue weighted by Gasteiger charge is 2.20. The van der Waals surface area contributed by atoms with E-state index in [1.807, 2.05) is 30.3 Å². The zero-order chi connectivity index (χ0) is 15.0. The van der Waals surface area contributed by atoms with Gasteiger partial charge in [0.15, 0.2) is 0 Å². The number of nitrogens with zero attached hydrogens (tertiary/aromatic N) is 1. The molecule has 0 aliphatic carbocycles. The summed E-state index contributed by atoms with van der Waals surface area (Å²) in [7, 11) is 0. The van der Waals surface area contributed by atoms with Crippen LogP contribution in [0.15, 0.2) is 30.3 Å². The number of nitrogens with two attached hydrogens (primary N) is 1. The van der Waals surface area contributed by atoms with E-state index in [4.69, 9.17) is 5.73 Å². The van der Waals surface area contributed by atoms with Gasteiger partial charge in [-0.25, -0.2) is 0 Å². The maximum Gasteiger partial charge on any atom is 0.244 e. The van der Waals surface area contributed by atoms with Crippen molar-refractivity contribution < 1.29 is 9.59 Å². The molecule has 0 bridgehead atoms. The molecule has 1 atom stereocenters. The number of hydrogen-bond acceptors (Lipinski definition) is 3. The maximum absolute atomic E-state index is 12.2. The van der Waals surface area contributed by atoms with Crippen molar-refractivity contribution in [3.8, 4) is 0 Å². The van der Waals surface area contributed by atoms with Crippen molar-refractivity contribution in [1.82, 2.24) is 10.2 Å². The molecule has 20 heavy (non-hydrogen) atoms. The summed E-state index contributed by atoms with van der Waals surface area (Å²) in [4.78, 5) is 25.0. The lowest BCUT2D eigenvalue weighted by molar-refractivity contribution is -0.135. The number of hydrogen-bond donors (Lipinski definition) is 2. The van der Waals surface area contributed by atoms with Crippen LogP contribution in [0.2, 0.25) is 0 Å². The lowest BCUT2D eigenvalue weighted by Gasteiger charge is -2.25. The van der Waals surface area contributed by atoms with Crippen molar-refractivity contribution in [2.45, 2.75) is 26.3 Å². The van der Waals surface area contributed by atoms with E-state index < -0.39 is 6.04 Å². The van der Waals surface area contributed by atoms with Crippen molar-refractivity contribution in [2.75, 3.05) is 19.6 Å². The van der Waals surface area contributed by atoms with Gasteiger partial charge in [-0.15, -0.1) is 0 Å². The fourth-order valence-corrected chi connectivity index (χ4v) is 2.04. The molecule has 1 unspecified atom stereocenters. The highest BCUT2D eigenvalue weighted by Crippen LogP contribution is 2.03. The molecule has 0 aliphatic heterocycles. The molecular formula is C15H23N3O2. The highest BCUT2D eigenvalue weighted by molar-refractivity contribution is 5.86. The Bertz CT molecular complexity index is 434. The second-order valence-electron chi connectivity index (χ2n) is 4.77. The van der Waals surface area contributed by atoms with E-state index in [9.17, 15) is 9.59 Å². The molecule has 0 saturated heterocycles. The second kappa shape index (κ2) is 8.32. The van der Waals surface area contributed by atoms with Gasteiger partial charge >= 0.3 is 0 Å². The Morgan fingerprint density at radius 3 is 2.45 bits per heavy atom. The van der Waals surface area contributed by atoms with Crippen LogP contribution in [0.4, 0.5) is 0 Å². The van der Waals surface area contributed by atoms with Gasteiger partial charge in [-0.3, -0.25) is 9.59 Å². The molecule has 1 aromatic carbocycles. The van der Waals surface area contributed by atoms with Crippen LogP contribution in [0.25, 0.3) is 0 Å². The summed E-state index contributed by atoms with van der Waals surface area (Å²) in [5.41, 5.74) is 6.73. The molecule has 110 valence electrons. The van der Waals surface area contributed by atoms with Gasteiger partial charge in [-0.1, -0.05) is 30.3 Å². The lowest BCUT2D eigenvalue weighted by atomic mass is 10.1. The SMILES string of the molecule is CC(=O)NC(C)C(=O)N(CCN)CCc1ccccc1. The van der Waals surface area contributed by atoms with E-state index in [1.165, 1.54) is 12.5 Å². The molecule has 0 heterocycles. The van der Waals surface area contributed by atoms with Crippen LogP contribution in [0.5, 0.6) is 0 Å². The molecule has 0 aliphatic rings. The van der Waals surface area contributed by atoms with Crippen LogP contribution < -0.4 is 11.1 Å². The summed E-state index contributed by atoms with van der Waals surface area (Å²) in [6.07, 6.45) is 0.777. The van der Waals surface area contributed by atoms with Crippen molar-refractivity contribution in [3.63, 3.8) is 0 Å². The van der Waals surface area contributed by atoms with Crippen molar-refractivity contribution in [1.29, 1.82) is 0 Å². The van der Waals surface area contributed by atoms with Gasteiger partial charge in [0, 0.05) is 26.6 Å². The minimum atomic E-state index is -0.519. The monoisotopic (exact) mass is 277 g/mol. The zero-order valence-electron chi connectivity index (χ0n) is 12.1. The van der Waals surface area contributed by atoms with Crippen molar-refractivity contribution in [2.24, 2.45) is 5.73 Å². The number of nitrogens with one attached hydrogen (secondary N) is 1. The van der Waals surface area contributed by atoms with Crippen LogP contribution >= 0.6 is 0 Å². The van der Waals surface area contributed by atoms with Gasteiger partial charge in [0.25, 0.3) is 0 Å². The Labute approximate surface area is 120 Å². The molecule has 5 nitrogen and oxygen atoms in total. The van der Waals surface area contributed by atoms with E-state index >= 15 is 0 Å². The third-order valence-corrected chi connectivity index (χ3v) is 3.01. The first kappa shape index (κ1) is 16.2. The standard InChI is InChI=1S/C15H23N3O2/c1-12(17-13(2)19)15(20)18(11-9-16)10-8-14-6-4-3-5-7-14/h3-7,12H,8-11,16H2,1-2H3,(H,17,19). The Hall–Kier alpha value is -1.88. The number of benzene rings is 1. The van der Waals surface area contributed by atoms with Crippen LogP contribution in [0.1, 0.15) is 19.4 Å². The minimum Gasteiger partial charge on any atom is -0.345 e. The topological polar surface area (TPSA) is 75.4 Å². The quantitative estimate of drug-likeness (QED) is 0.764. The Morgan fingerprint density at radius 1 is 1.25 bits per heavy atom. The molecule has 1 aromatic rings. The molecule has 0 aromatic heterocycles. The van der Waals surface area contributed by atoms with E-state index in [0.29, 0.717) is 19.6 Å². The smallest absolute Gasteiger partial charge is 0.244 e. The Kier molecular flexibility index (Phi) is 6.73. The minimum absolute atomic E-state index is 0.0958. The van der Waals surface area contributed by atoms with E-state index in [2.05, 4.69) is 5.32 Å². The van der Waals surface area contributed by atoms with Gasteiger partial charge in [0.2, 0.25) is 11.8 Å². The summed E-state index contributed by atoms with van der Waals surface area (Å²) in [6, 6.07) is 9.46. The fourth-order valence-electron chi connectivity index (χ4n) is 2.04. The predicted octanol–water partition coefficient (Wildman–Crippen LogP) is 0.541. The fraction of sp³-hybridized carbons (Fsp3) is 0.467. The molecule has 0 saturated carbocycles. The zero-order valence-corrected chi connectivity index (χ0v) is 12.1. The summed E-state index contributed by atoms with van der Waals surface area (Å²) in [5, 5.41) is 2.61. The number of carbonyl (C=O) groups excluding carboxylic acids is 2. The average Bonchev–Trinajstić information content (AvgIpc) is 2.43. The van der Waals surface area contributed by atoms with Gasteiger partial charge in [0.1, 0.15) is 6.04 Å². The van der Waals surface area contributed by atoms with Crippen LogP contribution in [0.3, 0.4) is 0 Å². The highest BCUT2D eigenvalue weighted by atomic mass is 16.2. The maximum atomic E-state index is 12.2. The Balaban J connectivity index is 2.59. The first-order valence-electron chi connectivity index (χ1n) is 6.84. The van der Waals surface area contributed by atoms with Gasteiger partial charge in [-0.2, -0.15) is 0 Å². The average molecular weight is 277 g/mol. The first-order chi connectivity index (χ1) is 9.54. The normalized spacial score (nSPS) is 11.8. The number of amides is 2. The molecule has 0 fully saturated rings. The number of rotatable bonds is 7. The molecule has 0 radical (unpaired) electrons. The van der Waals surface area contributed by atoms with E-state index in [0.717, 1.165) is 6.42 Å². The predicted molar refractivity (Wildman–Crippen MR) is 79.1 cm³/mol. The van der Waals surface area contributed by atoms with E-state index in [-0.39, 0.29) is 11.8 Å². The molecular weight excluding hydrogens is 254 g/mol. The molecule has 5 heteroatoms. The number of carbonyl (C=O) groups is 2. The third kappa shape index (κ3) is 5.40. The summed E-state index contributed by atoms with van der Waals surface area (Å²) >= 11 is 0.